The first-order valence-electron chi connectivity index (χ1n) is 4.27. The smallest absolute Gasteiger partial charge is 0.353 e. The van der Waals surface area contributed by atoms with Crippen molar-refractivity contribution >= 4 is 17.3 Å². The average Bonchev–Trinajstić information content (AvgIpc) is 2.70. The molecule has 0 saturated carbocycles. The van der Waals surface area contributed by atoms with Gasteiger partial charge in [-0.3, -0.25) is 0 Å². The van der Waals surface area contributed by atoms with E-state index < -0.39 is 11.8 Å². The molecule has 1 aromatic carbocycles. The molecule has 0 aliphatic carbocycles. The third-order valence-corrected chi connectivity index (χ3v) is 2.58. The first-order chi connectivity index (χ1) is 7.25. The number of thiophene rings is 1. The second kappa shape index (κ2) is 4.23. The van der Waals surface area contributed by atoms with Crippen molar-refractivity contribution in [1.82, 2.24) is 0 Å². The maximum Gasteiger partial charge on any atom is 0.353 e. The monoisotopic (exact) mass is 222 g/mol. The highest BCUT2D eigenvalue weighted by Crippen LogP contribution is 2.16. The zero-order valence-electron chi connectivity index (χ0n) is 7.64. The number of carbonyl (C=O) groups is 1. The summed E-state index contributed by atoms with van der Waals surface area (Å²) in [6.45, 7) is 0. The van der Waals surface area contributed by atoms with Gasteiger partial charge in [-0.05, 0) is 23.6 Å². The number of hydrogen-bond donors (Lipinski definition) is 0. The van der Waals surface area contributed by atoms with Crippen LogP contribution < -0.4 is 4.74 Å². The zero-order valence-corrected chi connectivity index (χ0v) is 8.46. The summed E-state index contributed by atoms with van der Waals surface area (Å²) < 4.78 is 17.7. The highest BCUT2D eigenvalue weighted by molar-refractivity contribution is 7.12. The Hall–Kier alpha value is -1.68. The largest absolute Gasteiger partial charge is 0.422 e. The summed E-state index contributed by atoms with van der Waals surface area (Å²) in [6, 6.07) is 8.91. The van der Waals surface area contributed by atoms with E-state index in [-0.39, 0.29) is 5.75 Å². The van der Waals surface area contributed by atoms with Crippen LogP contribution in [0.25, 0.3) is 0 Å². The molecule has 0 radical (unpaired) electrons. The lowest BCUT2D eigenvalue weighted by Gasteiger charge is -2.01. The van der Waals surface area contributed by atoms with Gasteiger partial charge in [-0.25, -0.2) is 9.18 Å². The van der Waals surface area contributed by atoms with E-state index in [1.807, 2.05) is 0 Å². The SMILES string of the molecule is O=C(Oc1cccc(F)c1)c1cccs1. The van der Waals surface area contributed by atoms with Crippen molar-refractivity contribution in [2.75, 3.05) is 0 Å². The fraction of sp³-hybridized carbons (Fsp3) is 0. The van der Waals surface area contributed by atoms with Gasteiger partial charge in [0.15, 0.2) is 0 Å². The number of esters is 1. The minimum Gasteiger partial charge on any atom is -0.422 e. The molecule has 0 aliphatic heterocycles. The summed E-state index contributed by atoms with van der Waals surface area (Å²) in [5.74, 6) is -0.671. The van der Waals surface area contributed by atoms with Gasteiger partial charge in [-0.2, -0.15) is 0 Å². The van der Waals surface area contributed by atoms with E-state index in [2.05, 4.69) is 0 Å². The van der Waals surface area contributed by atoms with Gasteiger partial charge in [0, 0.05) is 6.07 Å². The van der Waals surface area contributed by atoms with Crippen molar-refractivity contribution in [2.24, 2.45) is 0 Å². The van der Waals surface area contributed by atoms with E-state index in [1.54, 1.807) is 17.5 Å². The maximum absolute atomic E-state index is 12.8. The van der Waals surface area contributed by atoms with E-state index >= 15 is 0 Å². The number of carbonyl (C=O) groups excluding carboxylic acids is 1. The average molecular weight is 222 g/mol. The van der Waals surface area contributed by atoms with Crippen LogP contribution >= 0.6 is 11.3 Å². The molecule has 0 unspecified atom stereocenters. The Kier molecular flexibility index (Phi) is 2.78. The fourth-order valence-corrected chi connectivity index (χ4v) is 1.68. The summed E-state index contributed by atoms with van der Waals surface area (Å²) in [7, 11) is 0. The molecule has 0 amide bonds. The molecule has 0 aliphatic rings. The summed E-state index contributed by atoms with van der Waals surface area (Å²) in [4.78, 5) is 12.0. The highest BCUT2D eigenvalue weighted by atomic mass is 32.1. The van der Waals surface area contributed by atoms with E-state index in [1.165, 1.54) is 35.6 Å². The predicted molar refractivity (Wildman–Crippen MR) is 55.7 cm³/mol. The second-order valence-corrected chi connectivity index (χ2v) is 3.77. The van der Waals surface area contributed by atoms with Crippen LogP contribution in [-0.2, 0) is 0 Å². The van der Waals surface area contributed by atoms with Crippen LogP contribution in [0.1, 0.15) is 9.67 Å². The minimum atomic E-state index is -0.462. The van der Waals surface area contributed by atoms with Gasteiger partial charge in [-0.15, -0.1) is 11.3 Å². The third kappa shape index (κ3) is 2.41. The number of rotatable bonds is 2. The van der Waals surface area contributed by atoms with Crippen LogP contribution in [0.15, 0.2) is 41.8 Å². The maximum atomic E-state index is 12.8. The number of hydrogen-bond acceptors (Lipinski definition) is 3. The second-order valence-electron chi connectivity index (χ2n) is 2.82. The van der Waals surface area contributed by atoms with Crippen LogP contribution in [-0.4, -0.2) is 5.97 Å². The van der Waals surface area contributed by atoms with Crippen molar-refractivity contribution in [3.63, 3.8) is 0 Å². The Labute approximate surface area is 89.9 Å². The molecule has 76 valence electrons. The van der Waals surface area contributed by atoms with Crippen molar-refractivity contribution in [3.05, 3.63) is 52.5 Å². The first-order valence-corrected chi connectivity index (χ1v) is 5.15. The lowest BCUT2D eigenvalue weighted by Crippen LogP contribution is -2.06. The van der Waals surface area contributed by atoms with Gasteiger partial charge in [0.05, 0.1) is 0 Å². The van der Waals surface area contributed by atoms with Crippen LogP contribution in [0.5, 0.6) is 5.75 Å². The lowest BCUT2D eigenvalue weighted by atomic mass is 10.3. The summed E-state index contributed by atoms with van der Waals surface area (Å²) in [6.07, 6.45) is 0. The van der Waals surface area contributed by atoms with Crippen LogP contribution in [0.2, 0.25) is 0 Å². The number of halogens is 1. The molecule has 0 bridgehead atoms. The van der Waals surface area contributed by atoms with Crippen molar-refractivity contribution in [2.45, 2.75) is 0 Å². The quantitative estimate of drug-likeness (QED) is 0.576. The van der Waals surface area contributed by atoms with E-state index in [4.69, 9.17) is 4.74 Å². The van der Waals surface area contributed by atoms with Gasteiger partial charge in [0.2, 0.25) is 0 Å². The molecule has 0 atom stereocenters. The van der Waals surface area contributed by atoms with Gasteiger partial charge < -0.3 is 4.74 Å². The molecule has 2 aromatic rings. The van der Waals surface area contributed by atoms with Gasteiger partial charge >= 0.3 is 5.97 Å². The predicted octanol–water partition coefficient (Wildman–Crippen LogP) is 3.11. The number of benzene rings is 1. The summed E-state index contributed by atoms with van der Waals surface area (Å²) in [5, 5.41) is 1.78. The van der Waals surface area contributed by atoms with Crippen molar-refractivity contribution in [3.8, 4) is 5.75 Å². The molecule has 0 saturated heterocycles. The molecule has 2 nitrogen and oxygen atoms in total. The Bertz CT molecular complexity index is 465. The summed E-state index contributed by atoms with van der Waals surface area (Å²) in [5.41, 5.74) is 0. The fourth-order valence-electron chi connectivity index (χ4n) is 1.08. The van der Waals surface area contributed by atoms with E-state index in [0.717, 1.165) is 0 Å². The molecule has 0 N–H and O–H groups in total. The van der Waals surface area contributed by atoms with Crippen LogP contribution in [0.4, 0.5) is 4.39 Å². The van der Waals surface area contributed by atoms with Gasteiger partial charge in [0.1, 0.15) is 16.4 Å². The molecule has 0 spiro atoms. The van der Waals surface area contributed by atoms with Crippen LogP contribution in [0.3, 0.4) is 0 Å². The highest BCUT2D eigenvalue weighted by Gasteiger charge is 2.09. The Morgan fingerprint density at radius 3 is 2.80 bits per heavy atom. The molecular formula is C11H7FO2S. The normalized spacial score (nSPS) is 9.93. The Morgan fingerprint density at radius 2 is 2.13 bits per heavy atom. The van der Waals surface area contributed by atoms with Crippen molar-refractivity contribution < 1.29 is 13.9 Å². The molecule has 0 fully saturated rings. The molecular weight excluding hydrogens is 215 g/mol. The summed E-state index contributed by atoms with van der Waals surface area (Å²) >= 11 is 1.29. The molecule has 2 rings (SSSR count). The molecule has 4 heteroatoms. The van der Waals surface area contributed by atoms with Crippen LogP contribution in [0, 0.1) is 5.82 Å². The van der Waals surface area contributed by atoms with E-state index in [9.17, 15) is 9.18 Å². The first kappa shape index (κ1) is 9.86. The lowest BCUT2D eigenvalue weighted by molar-refractivity contribution is 0.0739. The minimum absolute atomic E-state index is 0.216. The van der Waals surface area contributed by atoms with E-state index in [0.29, 0.717) is 4.88 Å². The topological polar surface area (TPSA) is 26.3 Å². The van der Waals surface area contributed by atoms with Gasteiger partial charge in [-0.1, -0.05) is 12.1 Å². The number of ether oxygens (including phenoxy) is 1. The third-order valence-electron chi connectivity index (χ3n) is 1.73. The Balaban J connectivity index is 2.13. The Morgan fingerprint density at radius 1 is 1.27 bits per heavy atom. The molecule has 1 heterocycles. The van der Waals surface area contributed by atoms with Crippen molar-refractivity contribution in [1.29, 1.82) is 0 Å². The standard InChI is InChI=1S/C11H7FO2S/c12-8-3-1-4-9(7-8)14-11(13)10-5-2-6-15-10/h1-7H. The van der Waals surface area contributed by atoms with Gasteiger partial charge in [0.25, 0.3) is 0 Å². The molecule has 1 aromatic heterocycles. The molecule has 15 heavy (non-hydrogen) atoms. The zero-order chi connectivity index (χ0) is 10.7.